The predicted octanol–water partition coefficient (Wildman–Crippen LogP) is 3.24. The van der Waals surface area contributed by atoms with Gasteiger partial charge in [-0.15, -0.1) is 0 Å². The molecule has 0 atom stereocenters. The van der Waals surface area contributed by atoms with Crippen molar-refractivity contribution in [3.8, 4) is 0 Å². The van der Waals surface area contributed by atoms with E-state index in [1.54, 1.807) is 0 Å². The van der Waals surface area contributed by atoms with Gasteiger partial charge in [0, 0.05) is 11.6 Å². The van der Waals surface area contributed by atoms with E-state index in [1.807, 2.05) is 0 Å². The summed E-state index contributed by atoms with van der Waals surface area (Å²) < 4.78 is 39.6. The molecule has 21 heavy (non-hydrogen) atoms. The van der Waals surface area contributed by atoms with Crippen molar-refractivity contribution in [1.29, 1.82) is 0 Å². The van der Waals surface area contributed by atoms with Crippen molar-refractivity contribution in [2.45, 2.75) is 44.3 Å². The highest BCUT2D eigenvalue weighted by Crippen LogP contribution is 2.32. The third kappa shape index (κ3) is 3.04. The zero-order chi connectivity index (χ0) is 15.0. The molecule has 3 rings (SSSR count). The van der Waals surface area contributed by atoms with Crippen molar-refractivity contribution in [1.82, 2.24) is 19.6 Å². The van der Waals surface area contributed by atoms with Gasteiger partial charge in [-0.05, 0) is 12.8 Å². The molecule has 0 amide bonds. The van der Waals surface area contributed by atoms with E-state index in [1.165, 1.54) is 10.8 Å². The molecule has 0 radical (unpaired) electrons. The van der Waals surface area contributed by atoms with E-state index in [9.17, 15) is 13.2 Å². The summed E-state index contributed by atoms with van der Waals surface area (Å²) in [5.74, 6) is 0.429. The molecule has 1 N–H and O–H groups in total. The fraction of sp³-hybridized carbons (Fsp3) is 0.583. The molecule has 114 valence electrons. The number of nitrogens with one attached hydrogen (secondary N) is 1. The van der Waals surface area contributed by atoms with E-state index in [0.29, 0.717) is 0 Å². The van der Waals surface area contributed by atoms with Crippen molar-refractivity contribution in [2.75, 3.05) is 5.32 Å². The molecule has 0 unspecified atom stereocenters. The molecule has 5 nitrogen and oxygen atoms in total. The van der Waals surface area contributed by atoms with Crippen LogP contribution < -0.4 is 5.32 Å². The van der Waals surface area contributed by atoms with Crippen LogP contribution >= 0.6 is 11.6 Å². The largest absolute Gasteiger partial charge is 0.393 e. The molecule has 1 fully saturated rings. The summed E-state index contributed by atoms with van der Waals surface area (Å²) in [7, 11) is 0. The molecule has 0 aromatic carbocycles. The number of fused-ring (bicyclic) bond motifs is 1. The van der Waals surface area contributed by atoms with Crippen LogP contribution in [0.25, 0.3) is 5.78 Å². The summed E-state index contributed by atoms with van der Waals surface area (Å²) in [6.45, 7) is 0. The molecule has 1 saturated carbocycles. The van der Waals surface area contributed by atoms with Gasteiger partial charge >= 0.3 is 6.18 Å². The second kappa shape index (κ2) is 5.32. The SMILES string of the molecule is FC(F)(F)Cc1c(Cl)nc2ncnn2c1NC1CCCC1. The van der Waals surface area contributed by atoms with E-state index < -0.39 is 12.6 Å². The van der Waals surface area contributed by atoms with Crippen LogP contribution in [0.5, 0.6) is 0 Å². The minimum atomic E-state index is -4.37. The third-order valence-corrected chi connectivity index (χ3v) is 3.86. The standard InChI is InChI=1S/C12H13ClF3N5/c13-9-8(5-12(14,15)16)10(19-7-3-1-2-4-7)21-11(20-9)17-6-18-21/h6-7,19H,1-5H2. The van der Waals surface area contributed by atoms with Gasteiger partial charge in [-0.2, -0.15) is 32.8 Å². The number of hydrogen-bond donors (Lipinski definition) is 1. The summed E-state index contributed by atoms with van der Waals surface area (Å²) in [5, 5.41) is 6.90. The number of hydrogen-bond acceptors (Lipinski definition) is 4. The molecule has 1 aliphatic rings. The molecular weight excluding hydrogens is 307 g/mol. The average Bonchev–Trinajstić information content (AvgIpc) is 3.02. The number of alkyl halides is 3. The summed E-state index contributed by atoms with van der Waals surface area (Å²) in [6, 6.07) is 0.128. The van der Waals surface area contributed by atoms with Gasteiger partial charge in [0.05, 0.1) is 6.42 Å². The topological polar surface area (TPSA) is 55.1 Å². The molecule has 0 saturated heterocycles. The third-order valence-electron chi connectivity index (χ3n) is 3.55. The first-order chi connectivity index (χ1) is 9.94. The maximum absolute atomic E-state index is 12.8. The lowest BCUT2D eigenvalue weighted by atomic mass is 10.2. The quantitative estimate of drug-likeness (QED) is 0.882. The van der Waals surface area contributed by atoms with Gasteiger partial charge in [-0.25, -0.2) is 0 Å². The van der Waals surface area contributed by atoms with Crippen molar-refractivity contribution in [3.05, 3.63) is 17.0 Å². The Balaban J connectivity index is 2.06. The number of rotatable bonds is 3. The molecule has 2 aromatic rings. The van der Waals surface area contributed by atoms with Crippen LogP contribution in [0.1, 0.15) is 31.2 Å². The average molecular weight is 320 g/mol. The Morgan fingerprint density at radius 1 is 1.33 bits per heavy atom. The Morgan fingerprint density at radius 2 is 2.05 bits per heavy atom. The zero-order valence-electron chi connectivity index (χ0n) is 11.0. The van der Waals surface area contributed by atoms with E-state index in [-0.39, 0.29) is 28.4 Å². The second-order valence-electron chi connectivity index (χ2n) is 5.12. The van der Waals surface area contributed by atoms with Gasteiger partial charge in [0.25, 0.3) is 5.78 Å². The Labute approximate surface area is 123 Å². The number of nitrogens with zero attached hydrogens (tertiary/aromatic N) is 4. The van der Waals surface area contributed by atoms with Crippen molar-refractivity contribution < 1.29 is 13.2 Å². The molecule has 0 bridgehead atoms. The normalized spacial score (nSPS) is 16.8. The van der Waals surface area contributed by atoms with Crippen LogP contribution in [0.3, 0.4) is 0 Å². The molecule has 1 aliphatic carbocycles. The van der Waals surface area contributed by atoms with Gasteiger partial charge in [-0.3, -0.25) is 0 Å². The van der Waals surface area contributed by atoms with Crippen LogP contribution in [0, 0.1) is 0 Å². The van der Waals surface area contributed by atoms with E-state index in [0.717, 1.165) is 25.7 Å². The summed E-state index contributed by atoms with van der Waals surface area (Å²) >= 11 is 5.92. The van der Waals surface area contributed by atoms with Gasteiger partial charge in [-0.1, -0.05) is 24.4 Å². The number of halogens is 4. The zero-order valence-corrected chi connectivity index (χ0v) is 11.7. The Morgan fingerprint density at radius 3 is 2.71 bits per heavy atom. The maximum atomic E-state index is 12.8. The smallest absolute Gasteiger partial charge is 0.367 e. The van der Waals surface area contributed by atoms with Crippen LogP contribution in [-0.4, -0.2) is 31.8 Å². The maximum Gasteiger partial charge on any atom is 0.393 e. The first-order valence-corrected chi connectivity index (χ1v) is 7.03. The highest BCUT2D eigenvalue weighted by atomic mass is 35.5. The fourth-order valence-electron chi connectivity index (χ4n) is 2.62. The Hall–Kier alpha value is -1.57. The molecule has 0 aliphatic heterocycles. The summed E-state index contributed by atoms with van der Waals surface area (Å²) in [6.07, 6.45) is -0.314. The van der Waals surface area contributed by atoms with Crippen LogP contribution in [0.15, 0.2) is 6.33 Å². The number of anilines is 1. The number of aromatic nitrogens is 4. The van der Waals surface area contributed by atoms with Gasteiger partial charge in [0.1, 0.15) is 17.3 Å². The highest BCUT2D eigenvalue weighted by molar-refractivity contribution is 6.30. The Kier molecular flexibility index (Phi) is 3.64. The van der Waals surface area contributed by atoms with Gasteiger partial charge in [0.2, 0.25) is 0 Å². The second-order valence-corrected chi connectivity index (χ2v) is 5.48. The van der Waals surface area contributed by atoms with Crippen molar-refractivity contribution >= 4 is 23.2 Å². The van der Waals surface area contributed by atoms with E-state index in [4.69, 9.17) is 11.6 Å². The summed E-state index contributed by atoms with van der Waals surface area (Å²) in [4.78, 5) is 7.76. The van der Waals surface area contributed by atoms with Crippen molar-refractivity contribution in [2.24, 2.45) is 0 Å². The minimum absolute atomic E-state index is 0.0888. The molecule has 9 heteroatoms. The van der Waals surface area contributed by atoms with Gasteiger partial charge < -0.3 is 5.32 Å². The Bertz CT molecular complexity index is 648. The first-order valence-electron chi connectivity index (χ1n) is 6.65. The predicted molar refractivity (Wildman–Crippen MR) is 71.4 cm³/mol. The van der Waals surface area contributed by atoms with Crippen LogP contribution in [-0.2, 0) is 6.42 Å². The molecular formula is C12H13ClF3N5. The molecule has 2 aromatic heterocycles. The van der Waals surface area contributed by atoms with Crippen LogP contribution in [0.4, 0.5) is 19.0 Å². The lowest BCUT2D eigenvalue weighted by Crippen LogP contribution is -2.22. The monoisotopic (exact) mass is 319 g/mol. The lowest BCUT2D eigenvalue weighted by Gasteiger charge is -2.19. The first kappa shape index (κ1) is 14.4. The van der Waals surface area contributed by atoms with Gasteiger partial charge in [0.15, 0.2) is 0 Å². The van der Waals surface area contributed by atoms with E-state index in [2.05, 4.69) is 20.4 Å². The summed E-state index contributed by atoms with van der Waals surface area (Å²) in [5.41, 5.74) is -0.0888. The fourth-order valence-corrected chi connectivity index (χ4v) is 2.85. The van der Waals surface area contributed by atoms with Crippen molar-refractivity contribution in [3.63, 3.8) is 0 Å². The molecule has 2 heterocycles. The molecule has 0 spiro atoms. The minimum Gasteiger partial charge on any atom is -0.367 e. The highest BCUT2D eigenvalue weighted by Gasteiger charge is 2.32. The van der Waals surface area contributed by atoms with E-state index >= 15 is 0 Å². The van der Waals surface area contributed by atoms with Crippen LogP contribution in [0.2, 0.25) is 5.15 Å². The lowest BCUT2D eigenvalue weighted by molar-refractivity contribution is -0.127.